The molecular weight excluding hydrogens is 288 g/mol. The summed E-state index contributed by atoms with van der Waals surface area (Å²) < 4.78 is 0. The molecule has 2 fully saturated rings. The molecule has 2 atom stereocenters. The fourth-order valence-corrected chi connectivity index (χ4v) is 2.81. The van der Waals surface area contributed by atoms with Gasteiger partial charge in [-0.3, -0.25) is 19.8 Å². The van der Waals surface area contributed by atoms with Crippen LogP contribution in [0.1, 0.15) is 18.5 Å². The SMILES string of the molecule is O=C(NOCCc1ccccn1)[C@@H]1CC[C@@H]2CN1C(=O)N2O. The molecule has 1 aromatic heterocycles. The molecule has 118 valence electrons. The van der Waals surface area contributed by atoms with Gasteiger partial charge in [-0.05, 0) is 25.0 Å². The molecule has 3 heterocycles. The quantitative estimate of drug-likeness (QED) is 0.464. The minimum atomic E-state index is -0.587. The number of urea groups is 1. The highest BCUT2D eigenvalue weighted by atomic mass is 16.6. The van der Waals surface area contributed by atoms with Crippen LogP contribution in [0.25, 0.3) is 0 Å². The standard InChI is InChI=1S/C14H18N4O4/c19-13(16-22-8-6-10-3-1-2-7-15-10)12-5-4-11-9-17(12)14(20)18(11)21/h1-3,7,11-12,21H,4-6,8-9H2,(H,16,19)/t11-,12+/m1/s1. The number of aromatic nitrogens is 1. The molecule has 2 bridgehead atoms. The Morgan fingerprint density at radius 1 is 1.45 bits per heavy atom. The maximum absolute atomic E-state index is 12.1. The van der Waals surface area contributed by atoms with Crippen LogP contribution in [0.4, 0.5) is 4.79 Å². The first-order valence-electron chi connectivity index (χ1n) is 7.27. The first-order chi connectivity index (χ1) is 10.7. The van der Waals surface area contributed by atoms with Gasteiger partial charge >= 0.3 is 6.03 Å². The third kappa shape index (κ3) is 2.88. The number of carbonyl (C=O) groups excluding carboxylic acids is 2. The Morgan fingerprint density at radius 3 is 3.09 bits per heavy atom. The Balaban J connectivity index is 1.45. The van der Waals surface area contributed by atoms with Crippen molar-refractivity contribution in [2.45, 2.75) is 31.3 Å². The molecule has 0 unspecified atom stereocenters. The Labute approximate surface area is 127 Å². The summed E-state index contributed by atoms with van der Waals surface area (Å²) in [5.74, 6) is -0.358. The normalized spacial score (nSPS) is 23.8. The number of nitrogens with zero attached hydrogens (tertiary/aromatic N) is 3. The Hall–Kier alpha value is -2.19. The highest BCUT2D eigenvalue weighted by Gasteiger charge is 2.46. The molecule has 0 radical (unpaired) electrons. The summed E-state index contributed by atoms with van der Waals surface area (Å²) in [6.45, 7) is 0.680. The lowest BCUT2D eigenvalue weighted by Crippen LogP contribution is -2.49. The average Bonchev–Trinajstić information content (AvgIpc) is 2.77. The summed E-state index contributed by atoms with van der Waals surface area (Å²) >= 11 is 0. The highest BCUT2D eigenvalue weighted by Crippen LogP contribution is 2.28. The summed E-state index contributed by atoms with van der Waals surface area (Å²) in [5.41, 5.74) is 3.26. The maximum atomic E-state index is 12.1. The monoisotopic (exact) mass is 306 g/mol. The molecular formula is C14H18N4O4. The molecule has 2 aliphatic rings. The molecule has 0 aromatic carbocycles. The minimum absolute atomic E-state index is 0.207. The van der Waals surface area contributed by atoms with Gasteiger partial charge in [0.1, 0.15) is 6.04 Å². The van der Waals surface area contributed by atoms with Crippen LogP contribution in [-0.2, 0) is 16.1 Å². The number of hydroxylamine groups is 3. The van der Waals surface area contributed by atoms with Gasteiger partial charge in [0.25, 0.3) is 5.91 Å². The third-order valence-corrected chi connectivity index (χ3v) is 4.01. The first-order valence-corrected chi connectivity index (χ1v) is 7.27. The van der Waals surface area contributed by atoms with E-state index in [1.807, 2.05) is 18.2 Å². The maximum Gasteiger partial charge on any atom is 0.344 e. The summed E-state index contributed by atoms with van der Waals surface area (Å²) in [5, 5.41) is 10.3. The van der Waals surface area contributed by atoms with Crippen molar-refractivity contribution in [1.82, 2.24) is 20.4 Å². The van der Waals surface area contributed by atoms with Gasteiger partial charge in [0.2, 0.25) is 0 Å². The third-order valence-electron chi connectivity index (χ3n) is 4.01. The van der Waals surface area contributed by atoms with Crippen molar-refractivity contribution in [1.29, 1.82) is 0 Å². The molecule has 8 heteroatoms. The van der Waals surface area contributed by atoms with Crippen LogP contribution in [0.2, 0.25) is 0 Å². The van der Waals surface area contributed by atoms with E-state index in [1.165, 1.54) is 4.90 Å². The number of pyridine rings is 1. The van der Waals surface area contributed by atoms with Crippen LogP contribution >= 0.6 is 0 Å². The predicted octanol–water partition coefficient (Wildman–Crippen LogP) is 0.330. The lowest BCUT2D eigenvalue weighted by molar-refractivity contribution is -0.138. The molecule has 2 aliphatic heterocycles. The van der Waals surface area contributed by atoms with Crippen molar-refractivity contribution >= 4 is 11.9 Å². The van der Waals surface area contributed by atoms with Gasteiger partial charge in [0.05, 0.1) is 12.6 Å². The van der Waals surface area contributed by atoms with Gasteiger partial charge in [-0.25, -0.2) is 15.3 Å². The van der Waals surface area contributed by atoms with Gasteiger partial charge in [0.15, 0.2) is 0 Å². The summed E-state index contributed by atoms with van der Waals surface area (Å²) in [6, 6.07) is 4.29. The van der Waals surface area contributed by atoms with E-state index in [2.05, 4.69) is 10.5 Å². The first kappa shape index (κ1) is 14.7. The van der Waals surface area contributed by atoms with Crippen LogP contribution in [0, 0.1) is 0 Å². The van der Waals surface area contributed by atoms with E-state index in [0.29, 0.717) is 32.4 Å². The molecule has 22 heavy (non-hydrogen) atoms. The minimum Gasteiger partial charge on any atom is -0.309 e. The van der Waals surface area contributed by atoms with Crippen molar-refractivity contribution in [3.05, 3.63) is 30.1 Å². The zero-order valence-electron chi connectivity index (χ0n) is 12.0. The number of fused-ring (bicyclic) bond motifs is 2. The summed E-state index contributed by atoms with van der Waals surface area (Å²) in [6.07, 6.45) is 3.40. The molecule has 0 spiro atoms. The second-order valence-corrected chi connectivity index (χ2v) is 5.41. The topological polar surface area (TPSA) is 95.0 Å². The Kier molecular flexibility index (Phi) is 4.21. The van der Waals surface area contributed by atoms with Crippen molar-refractivity contribution < 1.29 is 19.6 Å². The van der Waals surface area contributed by atoms with Crippen LogP contribution in [0.15, 0.2) is 24.4 Å². The van der Waals surface area contributed by atoms with Crippen molar-refractivity contribution in [3.8, 4) is 0 Å². The van der Waals surface area contributed by atoms with Crippen molar-refractivity contribution in [3.63, 3.8) is 0 Å². The lowest BCUT2D eigenvalue weighted by Gasteiger charge is -2.28. The second-order valence-electron chi connectivity index (χ2n) is 5.41. The van der Waals surface area contributed by atoms with Gasteiger partial charge in [-0.2, -0.15) is 0 Å². The van der Waals surface area contributed by atoms with Gasteiger partial charge in [0, 0.05) is 24.9 Å². The number of nitrogens with one attached hydrogen (secondary N) is 1. The fraction of sp³-hybridized carbons (Fsp3) is 0.500. The smallest absolute Gasteiger partial charge is 0.309 e. The molecule has 3 rings (SSSR count). The van der Waals surface area contributed by atoms with E-state index in [1.54, 1.807) is 6.20 Å². The van der Waals surface area contributed by atoms with E-state index < -0.39 is 12.1 Å². The predicted molar refractivity (Wildman–Crippen MR) is 74.6 cm³/mol. The largest absolute Gasteiger partial charge is 0.344 e. The molecule has 3 amide bonds. The number of rotatable bonds is 5. The molecule has 2 N–H and O–H groups in total. The summed E-state index contributed by atoms with van der Waals surface area (Å²) in [7, 11) is 0. The Bertz CT molecular complexity index is 553. The molecule has 0 saturated carbocycles. The number of piperidine rings is 1. The average molecular weight is 306 g/mol. The Morgan fingerprint density at radius 2 is 2.32 bits per heavy atom. The van der Waals surface area contributed by atoms with Crippen LogP contribution in [0.5, 0.6) is 0 Å². The molecule has 8 nitrogen and oxygen atoms in total. The molecule has 0 aliphatic carbocycles. The van der Waals surface area contributed by atoms with Gasteiger partial charge in [-0.15, -0.1) is 0 Å². The molecule has 2 saturated heterocycles. The van der Waals surface area contributed by atoms with Crippen LogP contribution in [0.3, 0.4) is 0 Å². The number of hydrogen-bond acceptors (Lipinski definition) is 5. The second kappa shape index (κ2) is 6.29. The van der Waals surface area contributed by atoms with E-state index >= 15 is 0 Å². The number of hydrogen-bond donors (Lipinski definition) is 2. The van der Waals surface area contributed by atoms with Crippen molar-refractivity contribution in [2.24, 2.45) is 0 Å². The number of amides is 3. The van der Waals surface area contributed by atoms with Crippen molar-refractivity contribution in [2.75, 3.05) is 13.2 Å². The highest BCUT2D eigenvalue weighted by molar-refractivity contribution is 5.87. The zero-order valence-corrected chi connectivity index (χ0v) is 12.0. The molecule has 1 aromatic rings. The fourth-order valence-electron chi connectivity index (χ4n) is 2.81. The number of carbonyl (C=O) groups is 2. The summed E-state index contributed by atoms with van der Waals surface area (Å²) in [4.78, 5) is 34.6. The van der Waals surface area contributed by atoms with Crippen LogP contribution < -0.4 is 5.48 Å². The van der Waals surface area contributed by atoms with E-state index in [4.69, 9.17) is 4.84 Å². The van der Waals surface area contributed by atoms with E-state index in [-0.39, 0.29) is 11.9 Å². The van der Waals surface area contributed by atoms with E-state index in [9.17, 15) is 14.8 Å². The van der Waals surface area contributed by atoms with E-state index in [0.717, 1.165) is 10.8 Å². The van der Waals surface area contributed by atoms with Gasteiger partial charge < -0.3 is 4.90 Å². The van der Waals surface area contributed by atoms with Gasteiger partial charge in [-0.1, -0.05) is 6.07 Å². The lowest BCUT2D eigenvalue weighted by atomic mass is 10.0. The zero-order chi connectivity index (χ0) is 15.5. The van der Waals surface area contributed by atoms with Crippen LogP contribution in [-0.4, -0.2) is 57.3 Å².